The molecule has 2 heterocycles. The Morgan fingerprint density at radius 3 is 2.44 bits per heavy atom. The number of amides is 3. The Bertz CT molecular complexity index is 1330. The molecule has 1 aromatic heterocycles. The van der Waals surface area contributed by atoms with Gasteiger partial charge in [-0.3, -0.25) is 19.3 Å². The van der Waals surface area contributed by atoms with Crippen LogP contribution in [0.1, 0.15) is 62.7 Å². The highest BCUT2D eigenvalue weighted by Crippen LogP contribution is 2.34. The van der Waals surface area contributed by atoms with Gasteiger partial charge in [-0.2, -0.15) is 4.37 Å². The smallest absolute Gasteiger partial charge is 0.273 e. The van der Waals surface area contributed by atoms with E-state index >= 15 is 0 Å². The summed E-state index contributed by atoms with van der Waals surface area (Å²) >= 11 is 0.772. The topological polar surface area (TPSA) is 150 Å². The third-order valence-electron chi connectivity index (χ3n) is 6.40. The van der Waals surface area contributed by atoms with E-state index in [4.69, 9.17) is 20.9 Å². The lowest BCUT2D eigenvalue weighted by atomic mass is 10.0. The number of carbonyl (C=O) groups excluding carboxylic acids is 3. The summed E-state index contributed by atoms with van der Waals surface area (Å²) in [5, 5.41) is 2.98. The van der Waals surface area contributed by atoms with Crippen LogP contribution in [0.5, 0.6) is 5.75 Å². The maximum Gasteiger partial charge on any atom is 0.273 e. The molecule has 206 valence electrons. The van der Waals surface area contributed by atoms with Crippen LogP contribution in [0.2, 0.25) is 0 Å². The van der Waals surface area contributed by atoms with Gasteiger partial charge in [0.1, 0.15) is 16.7 Å². The lowest BCUT2D eigenvalue weighted by molar-refractivity contribution is -0.123. The van der Waals surface area contributed by atoms with Gasteiger partial charge in [0.2, 0.25) is 5.91 Å². The summed E-state index contributed by atoms with van der Waals surface area (Å²) in [5.41, 5.74) is 14.1. The minimum Gasteiger partial charge on any atom is -0.494 e. The zero-order valence-corrected chi connectivity index (χ0v) is 23.0. The molecule has 3 amide bonds. The predicted octanol–water partition coefficient (Wildman–Crippen LogP) is 3.52. The first-order valence-electron chi connectivity index (χ1n) is 12.8. The van der Waals surface area contributed by atoms with Gasteiger partial charge in [-0.15, -0.1) is 0 Å². The maximum absolute atomic E-state index is 14.2. The molecule has 0 aliphatic carbocycles. The molecule has 0 unspecified atom stereocenters. The van der Waals surface area contributed by atoms with Crippen LogP contribution in [-0.4, -0.2) is 48.0 Å². The molecule has 0 bridgehead atoms. The van der Waals surface area contributed by atoms with Crippen molar-refractivity contribution in [3.63, 3.8) is 0 Å². The van der Waals surface area contributed by atoms with Gasteiger partial charge in [-0.05, 0) is 86.1 Å². The molecule has 1 fully saturated rings. The normalized spacial score (nSPS) is 15.5. The Morgan fingerprint density at radius 2 is 1.87 bits per heavy atom. The number of hydrogen-bond acceptors (Lipinski definition) is 8. The van der Waals surface area contributed by atoms with E-state index in [1.807, 2.05) is 39.0 Å². The van der Waals surface area contributed by atoms with Gasteiger partial charge in [-0.25, -0.2) is 0 Å². The van der Waals surface area contributed by atoms with Crippen molar-refractivity contribution in [2.45, 2.75) is 45.8 Å². The number of rotatable bonds is 10. The van der Waals surface area contributed by atoms with Gasteiger partial charge in [0.15, 0.2) is 5.69 Å². The molecule has 11 heteroatoms. The average Bonchev–Trinajstić information content (AvgIpc) is 3.55. The number of anilines is 2. The van der Waals surface area contributed by atoms with Crippen LogP contribution in [0.3, 0.4) is 0 Å². The van der Waals surface area contributed by atoms with Crippen LogP contribution in [0.15, 0.2) is 42.5 Å². The Hall–Kier alpha value is -3.96. The maximum atomic E-state index is 14.2. The average molecular weight is 552 g/mol. The summed E-state index contributed by atoms with van der Waals surface area (Å²) in [6.45, 7) is 7.17. The van der Waals surface area contributed by atoms with Crippen LogP contribution in [0, 0.1) is 13.8 Å². The highest BCUT2D eigenvalue weighted by atomic mass is 32.1. The minimum absolute atomic E-state index is 0.0193. The number of nitrogens with one attached hydrogen (secondary N) is 1. The lowest BCUT2D eigenvalue weighted by Gasteiger charge is -2.32. The summed E-state index contributed by atoms with van der Waals surface area (Å²) in [7, 11) is 0. The number of hydrogen-bond donors (Lipinski definition) is 3. The Morgan fingerprint density at radius 1 is 1.18 bits per heavy atom. The summed E-state index contributed by atoms with van der Waals surface area (Å²) < 4.78 is 15.3. The zero-order chi connectivity index (χ0) is 28.1. The number of nitrogens with two attached hydrogens (primary N) is 2. The number of nitrogen functional groups attached to an aromatic ring is 1. The molecule has 1 aliphatic heterocycles. The van der Waals surface area contributed by atoms with Gasteiger partial charge in [-0.1, -0.05) is 18.2 Å². The lowest BCUT2D eigenvalue weighted by Crippen LogP contribution is -2.45. The van der Waals surface area contributed by atoms with Crippen LogP contribution in [0.25, 0.3) is 0 Å². The van der Waals surface area contributed by atoms with Crippen LogP contribution in [-0.2, 0) is 9.53 Å². The van der Waals surface area contributed by atoms with Crippen LogP contribution in [0.4, 0.5) is 11.4 Å². The van der Waals surface area contributed by atoms with Crippen molar-refractivity contribution in [1.82, 2.24) is 9.69 Å². The van der Waals surface area contributed by atoms with Crippen molar-refractivity contribution < 1.29 is 23.9 Å². The van der Waals surface area contributed by atoms with Crippen molar-refractivity contribution in [3.8, 4) is 5.75 Å². The van der Waals surface area contributed by atoms with E-state index in [1.165, 1.54) is 4.90 Å². The monoisotopic (exact) mass is 551 g/mol. The number of nitrogens with zero attached hydrogens (tertiary/aromatic N) is 2. The van der Waals surface area contributed by atoms with E-state index in [-0.39, 0.29) is 28.3 Å². The highest BCUT2D eigenvalue weighted by molar-refractivity contribution is 7.09. The summed E-state index contributed by atoms with van der Waals surface area (Å²) in [4.78, 5) is 41.4. The predicted molar refractivity (Wildman–Crippen MR) is 150 cm³/mol. The number of carbonyl (C=O) groups is 3. The molecule has 0 saturated carbocycles. The van der Waals surface area contributed by atoms with E-state index in [9.17, 15) is 14.4 Å². The minimum atomic E-state index is -1.07. The van der Waals surface area contributed by atoms with E-state index in [0.717, 1.165) is 35.5 Å². The van der Waals surface area contributed by atoms with Gasteiger partial charge in [0.25, 0.3) is 11.8 Å². The van der Waals surface area contributed by atoms with Crippen molar-refractivity contribution in [2.75, 3.05) is 30.4 Å². The number of primary amides is 1. The molecule has 2 aromatic carbocycles. The summed E-state index contributed by atoms with van der Waals surface area (Å²) in [5.74, 6) is -1.16. The Balaban J connectivity index is 1.83. The molecule has 39 heavy (non-hydrogen) atoms. The SMILES string of the molecule is CCOc1ccc([C@H](C(=O)NC[C@H]2CCCO2)N(C(=O)c2snc(C(N)=O)c2N)c2cc(C)cc(C)c2)cc1. The van der Waals surface area contributed by atoms with Gasteiger partial charge in [0.05, 0.1) is 18.4 Å². The second-order valence-electron chi connectivity index (χ2n) is 9.44. The second-order valence-corrected chi connectivity index (χ2v) is 10.2. The molecule has 10 nitrogen and oxygen atoms in total. The summed E-state index contributed by atoms with van der Waals surface area (Å²) in [6, 6.07) is 11.6. The fourth-order valence-corrected chi connectivity index (χ4v) is 5.40. The van der Waals surface area contributed by atoms with Crippen LogP contribution >= 0.6 is 11.5 Å². The molecule has 5 N–H and O–H groups in total. The van der Waals surface area contributed by atoms with Gasteiger partial charge >= 0.3 is 0 Å². The zero-order valence-electron chi connectivity index (χ0n) is 22.2. The molecule has 1 aliphatic rings. The van der Waals surface area contributed by atoms with E-state index in [0.29, 0.717) is 36.8 Å². The molecule has 3 aromatic rings. The number of aryl methyl sites for hydroxylation is 2. The Kier molecular flexibility index (Phi) is 8.82. The Labute approximate surface area is 231 Å². The fourth-order valence-electron chi connectivity index (χ4n) is 4.66. The number of benzene rings is 2. The number of ether oxygens (including phenoxy) is 2. The molecule has 1 saturated heterocycles. The van der Waals surface area contributed by atoms with Crippen molar-refractivity contribution in [2.24, 2.45) is 5.73 Å². The highest BCUT2D eigenvalue weighted by Gasteiger charge is 2.36. The summed E-state index contributed by atoms with van der Waals surface area (Å²) in [6.07, 6.45) is 1.69. The van der Waals surface area contributed by atoms with E-state index in [2.05, 4.69) is 9.69 Å². The largest absolute Gasteiger partial charge is 0.494 e. The molecule has 2 atom stereocenters. The fraction of sp³-hybridized carbons (Fsp3) is 0.357. The molecular formula is C28H33N5O5S. The van der Waals surface area contributed by atoms with Crippen molar-refractivity contribution in [3.05, 3.63) is 69.7 Å². The van der Waals surface area contributed by atoms with Crippen molar-refractivity contribution >= 4 is 40.6 Å². The van der Waals surface area contributed by atoms with Gasteiger partial charge in [0, 0.05) is 18.8 Å². The van der Waals surface area contributed by atoms with Gasteiger partial charge < -0.3 is 26.3 Å². The van der Waals surface area contributed by atoms with Crippen molar-refractivity contribution in [1.29, 1.82) is 0 Å². The third-order valence-corrected chi connectivity index (χ3v) is 7.25. The van der Waals surface area contributed by atoms with E-state index < -0.39 is 17.9 Å². The van der Waals surface area contributed by atoms with E-state index in [1.54, 1.807) is 24.3 Å². The third kappa shape index (κ3) is 6.37. The second kappa shape index (κ2) is 12.3. The molecule has 0 spiro atoms. The molecule has 4 rings (SSSR count). The first kappa shape index (κ1) is 28.1. The number of aromatic nitrogens is 1. The first-order chi connectivity index (χ1) is 18.7. The quantitative estimate of drug-likeness (QED) is 0.349. The molecule has 0 radical (unpaired) electrons. The van der Waals surface area contributed by atoms with Crippen LogP contribution < -0.4 is 26.4 Å². The molecular weight excluding hydrogens is 518 g/mol. The first-order valence-corrected chi connectivity index (χ1v) is 13.6. The standard InChI is InChI=1S/C28H33N5O5S/c1-4-37-20-9-7-18(8-10-20)24(27(35)31-15-21-6-5-11-38-21)33(19-13-16(2)12-17(3)14-19)28(36)25-22(29)23(26(30)34)32-39-25/h7-10,12-14,21,24H,4-6,11,15,29H2,1-3H3,(H2,30,34)(H,31,35)/t21-,24-/m1/s1.